The van der Waals surface area contributed by atoms with Gasteiger partial charge in [-0.05, 0) is 56.0 Å². The van der Waals surface area contributed by atoms with Crippen molar-refractivity contribution in [3.8, 4) is 0 Å². The van der Waals surface area contributed by atoms with Crippen molar-refractivity contribution in [3.05, 3.63) is 35.9 Å². The molecular formula is C20H32N2O2S. The van der Waals surface area contributed by atoms with Crippen molar-refractivity contribution in [1.82, 2.24) is 9.21 Å². The Labute approximate surface area is 153 Å². The molecule has 2 heterocycles. The Morgan fingerprint density at radius 1 is 1.04 bits per heavy atom. The van der Waals surface area contributed by atoms with Gasteiger partial charge in [-0.1, -0.05) is 37.3 Å². The molecule has 1 aromatic rings. The predicted molar refractivity (Wildman–Crippen MR) is 103 cm³/mol. The molecule has 2 saturated heterocycles. The molecule has 0 N–H and O–H groups in total. The second kappa shape index (κ2) is 8.65. The molecule has 2 fully saturated rings. The summed E-state index contributed by atoms with van der Waals surface area (Å²) in [5.41, 5.74) is 1.10. The number of piperidine rings is 2. The van der Waals surface area contributed by atoms with E-state index < -0.39 is 10.0 Å². The number of hydrogen-bond donors (Lipinski definition) is 0. The first-order chi connectivity index (χ1) is 12.0. The first-order valence-corrected chi connectivity index (χ1v) is 11.4. The number of benzene rings is 1. The Morgan fingerprint density at radius 2 is 1.76 bits per heavy atom. The van der Waals surface area contributed by atoms with Crippen molar-refractivity contribution in [2.45, 2.75) is 39.0 Å². The van der Waals surface area contributed by atoms with Gasteiger partial charge >= 0.3 is 0 Å². The predicted octanol–water partition coefficient (Wildman–Crippen LogP) is 3.00. The molecule has 3 rings (SSSR count). The number of sulfonamides is 1. The van der Waals surface area contributed by atoms with Gasteiger partial charge in [0.05, 0.1) is 5.75 Å². The van der Waals surface area contributed by atoms with Gasteiger partial charge in [0.15, 0.2) is 0 Å². The van der Waals surface area contributed by atoms with Crippen LogP contribution in [-0.4, -0.2) is 56.1 Å². The zero-order valence-electron chi connectivity index (χ0n) is 15.4. The molecule has 1 unspecified atom stereocenters. The van der Waals surface area contributed by atoms with Gasteiger partial charge in [0.25, 0.3) is 0 Å². The van der Waals surface area contributed by atoms with Gasteiger partial charge in [-0.15, -0.1) is 0 Å². The van der Waals surface area contributed by atoms with Crippen LogP contribution in [0.2, 0.25) is 0 Å². The van der Waals surface area contributed by atoms with Crippen LogP contribution >= 0.6 is 0 Å². The van der Waals surface area contributed by atoms with Gasteiger partial charge in [-0.3, -0.25) is 0 Å². The van der Waals surface area contributed by atoms with Gasteiger partial charge in [0, 0.05) is 26.2 Å². The lowest BCUT2D eigenvalue weighted by molar-refractivity contribution is 0.136. The van der Waals surface area contributed by atoms with E-state index in [0.717, 1.165) is 30.9 Å². The SMILES string of the molecule is CC1CCCN(CC2CCN(S(=O)(=O)CCc3ccccc3)CC2)C1. The maximum absolute atomic E-state index is 12.6. The van der Waals surface area contributed by atoms with Crippen LogP contribution < -0.4 is 0 Å². The molecule has 2 aliphatic heterocycles. The Bertz CT molecular complexity index is 624. The highest BCUT2D eigenvalue weighted by Crippen LogP contribution is 2.24. The van der Waals surface area contributed by atoms with Gasteiger partial charge in [-0.2, -0.15) is 0 Å². The first kappa shape index (κ1) is 18.9. The average molecular weight is 365 g/mol. The molecule has 0 spiro atoms. The summed E-state index contributed by atoms with van der Waals surface area (Å²) >= 11 is 0. The van der Waals surface area contributed by atoms with E-state index in [9.17, 15) is 8.42 Å². The van der Waals surface area contributed by atoms with E-state index in [1.807, 2.05) is 30.3 Å². The van der Waals surface area contributed by atoms with Crippen molar-refractivity contribution in [2.75, 3.05) is 38.5 Å². The van der Waals surface area contributed by atoms with E-state index in [1.165, 1.54) is 25.9 Å². The van der Waals surface area contributed by atoms with Crippen LogP contribution in [-0.2, 0) is 16.4 Å². The van der Waals surface area contributed by atoms with Crippen LogP contribution in [0.3, 0.4) is 0 Å². The summed E-state index contributed by atoms with van der Waals surface area (Å²) in [6.07, 6.45) is 5.29. The number of likely N-dealkylation sites (tertiary alicyclic amines) is 1. The van der Waals surface area contributed by atoms with Crippen LogP contribution in [0.25, 0.3) is 0 Å². The van der Waals surface area contributed by atoms with E-state index in [1.54, 1.807) is 4.31 Å². The van der Waals surface area contributed by atoms with Crippen LogP contribution in [0.15, 0.2) is 30.3 Å². The fraction of sp³-hybridized carbons (Fsp3) is 0.700. The van der Waals surface area contributed by atoms with E-state index in [4.69, 9.17) is 0 Å². The topological polar surface area (TPSA) is 40.6 Å². The Balaban J connectivity index is 1.44. The molecule has 5 heteroatoms. The fourth-order valence-corrected chi connectivity index (χ4v) is 5.73. The van der Waals surface area contributed by atoms with Crippen molar-refractivity contribution < 1.29 is 8.42 Å². The molecular weight excluding hydrogens is 332 g/mol. The monoisotopic (exact) mass is 364 g/mol. The van der Waals surface area contributed by atoms with Crippen molar-refractivity contribution in [2.24, 2.45) is 11.8 Å². The summed E-state index contributed by atoms with van der Waals surface area (Å²) in [5.74, 6) is 1.70. The lowest BCUT2D eigenvalue weighted by Crippen LogP contribution is -2.44. The highest BCUT2D eigenvalue weighted by Gasteiger charge is 2.29. The van der Waals surface area contributed by atoms with Crippen molar-refractivity contribution >= 4 is 10.0 Å². The lowest BCUT2D eigenvalue weighted by Gasteiger charge is -2.37. The molecule has 1 atom stereocenters. The third-order valence-corrected chi connectivity index (χ3v) is 7.59. The van der Waals surface area contributed by atoms with E-state index >= 15 is 0 Å². The molecule has 140 valence electrons. The minimum Gasteiger partial charge on any atom is -0.303 e. The molecule has 2 aliphatic rings. The Kier molecular flexibility index (Phi) is 6.53. The van der Waals surface area contributed by atoms with Crippen molar-refractivity contribution in [1.29, 1.82) is 0 Å². The average Bonchev–Trinajstić information content (AvgIpc) is 2.62. The smallest absolute Gasteiger partial charge is 0.214 e. The Hall–Kier alpha value is -0.910. The highest BCUT2D eigenvalue weighted by molar-refractivity contribution is 7.89. The normalized spacial score (nSPS) is 24.4. The minimum atomic E-state index is -3.13. The molecule has 25 heavy (non-hydrogen) atoms. The fourth-order valence-electron chi connectivity index (χ4n) is 4.21. The molecule has 1 aromatic carbocycles. The lowest BCUT2D eigenvalue weighted by atomic mass is 9.94. The second-order valence-electron chi connectivity index (χ2n) is 7.90. The maximum atomic E-state index is 12.6. The van der Waals surface area contributed by atoms with Gasteiger partial charge in [0.1, 0.15) is 0 Å². The van der Waals surface area contributed by atoms with Crippen molar-refractivity contribution in [3.63, 3.8) is 0 Å². The summed E-state index contributed by atoms with van der Waals surface area (Å²) in [4.78, 5) is 2.60. The highest BCUT2D eigenvalue weighted by atomic mass is 32.2. The third kappa shape index (κ3) is 5.53. The van der Waals surface area contributed by atoms with Gasteiger partial charge in [-0.25, -0.2) is 12.7 Å². The summed E-state index contributed by atoms with van der Waals surface area (Å²) in [6.45, 7) is 7.34. The summed E-state index contributed by atoms with van der Waals surface area (Å²) in [6, 6.07) is 9.90. The maximum Gasteiger partial charge on any atom is 0.214 e. The summed E-state index contributed by atoms with van der Waals surface area (Å²) in [5, 5.41) is 0. The quantitative estimate of drug-likeness (QED) is 0.779. The standard InChI is InChI=1S/C20H32N2O2S/c1-18-6-5-12-21(16-18)17-20-9-13-22(14-10-20)25(23,24)15-11-19-7-3-2-4-8-19/h2-4,7-8,18,20H,5-6,9-17H2,1H3. The molecule has 0 bridgehead atoms. The molecule has 0 radical (unpaired) electrons. The molecule has 0 saturated carbocycles. The molecule has 4 nitrogen and oxygen atoms in total. The second-order valence-corrected chi connectivity index (χ2v) is 9.99. The molecule has 0 aromatic heterocycles. The zero-order chi connectivity index (χ0) is 17.7. The van der Waals surface area contributed by atoms with Gasteiger partial charge in [0.2, 0.25) is 10.0 Å². The Morgan fingerprint density at radius 3 is 2.44 bits per heavy atom. The van der Waals surface area contributed by atoms with E-state index in [0.29, 0.717) is 25.4 Å². The van der Waals surface area contributed by atoms with Crippen LogP contribution in [0.5, 0.6) is 0 Å². The molecule has 0 amide bonds. The van der Waals surface area contributed by atoms with Gasteiger partial charge < -0.3 is 4.90 Å². The van der Waals surface area contributed by atoms with E-state index in [-0.39, 0.29) is 5.75 Å². The van der Waals surface area contributed by atoms with Crippen LogP contribution in [0, 0.1) is 11.8 Å². The number of aryl methyl sites for hydroxylation is 1. The first-order valence-electron chi connectivity index (χ1n) is 9.77. The largest absolute Gasteiger partial charge is 0.303 e. The third-order valence-electron chi connectivity index (χ3n) is 5.72. The zero-order valence-corrected chi connectivity index (χ0v) is 16.3. The number of nitrogens with zero attached hydrogens (tertiary/aromatic N) is 2. The molecule has 0 aliphatic carbocycles. The van der Waals surface area contributed by atoms with Crippen LogP contribution in [0.4, 0.5) is 0 Å². The number of hydrogen-bond acceptors (Lipinski definition) is 3. The minimum absolute atomic E-state index is 0.227. The summed E-state index contributed by atoms with van der Waals surface area (Å²) < 4.78 is 27.0. The number of rotatable bonds is 6. The van der Waals surface area contributed by atoms with Crippen LogP contribution in [0.1, 0.15) is 38.2 Å². The summed E-state index contributed by atoms with van der Waals surface area (Å²) in [7, 11) is -3.13. The van der Waals surface area contributed by atoms with E-state index in [2.05, 4.69) is 11.8 Å².